The van der Waals surface area contributed by atoms with Gasteiger partial charge in [0.2, 0.25) is 0 Å². The molecule has 0 unspecified atom stereocenters. The Kier molecular flexibility index (Phi) is 9.68. The SMILES string of the molecule is C\C=C1/C(=C\C(=C\CC)C(F)(F)F)C(=O)N(c2ccc(=O)n(COP(O)O)c2C)CN1c1ccc(F)c(F)c1C. The molecule has 1 aromatic heterocycles. The van der Waals surface area contributed by atoms with Gasteiger partial charge in [0.05, 0.1) is 22.5 Å². The third-order valence-electron chi connectivity index (χ3n) is 6.27. The summed E-state index contributed by atoms with van der Waals surface area (Å²) in [6.07, 6.45) is -1.75. The lowest BCUT2D eigenvalue weighted by molar-refractivity contribution is -0.115. The number of hydrogen-bond donors (Lipinski definition) is 2. The van der Waals surface area contributed by atoms with Gasteiger partial charge in [-0.15, -0.1) is 0 Å². The molecule has 1 saturated heterocycles. The number of nitrogens with zero attached hydrogens (tertiary/aromatic N) is 3. The van der Waals surface area contributed by atoms with Crippen LogP contribution in [0.25, 0.3) is 0 Å². The van der Waals surface area contributed by atoms with Crippen LogP contribution in [0.5, 0.6) is 0 Å². The number of halogens is 5. The van der Waals surface area contributed by atoms with Crippen molar-refractivity contribution in [1.82, 2.24) is 4.57 Å². The number of amides is 1. The molecule has 216 valence electrons. The second-order valence-electron chi connectivity index (χ2n) is 8.69. The van der Waals surface area contributed by atoms with Gasteiger partial charge < -0.3 is 14.7 Å². The molecule has 1 amide bonds. The number of carbonyl (C=O) groups is 1. The first-order chi connectivity index (χ1) is 18.7. The molecule has 0 aliphatic carbocycles. The lowest BCUT2D eigenvalue weighted by atomic mass is 10.00. The minimum absolute atomic E-state index is 0.0238. The van der Waals surface area contributed by atoms with Gasteiger partial charge in [-0.25, -0.2) is 8.78 Å². The summed E-state index contributed by atoms with van der Waals surface area (Å²) in [6.45, 7) is 4.82. The van der Waals surface area contributed by atoms with Crippen LogP contribution in [-0.4, -0.2) is 33.1 Å². The van der Waals surface area contributed by atoms with Crippen molar-refractivity contribution in [3.63, 3.8) is 0 Å². The molecule has 3 rings (SSSR count). The monoisotopic (exact) mass is 587 g/mol. The van der Waals surface area contributed by atoms with Gasteiger partial charge in [0.1, 0.15) is 13.4 Å². The molecular formula is C26H27F5N3O5P. The fourth-order valence-corrected chi connectivity index (χ4v) is 4.53. The molecular weight excluding hydrogens is 560 g/mol. The molecule has 0 saturated carbocycles. The molecule has 1 aliphatic heterocycles. The molecule has 14 heteroatoms. The molecule has 2 heterocycles. The third-order valence-corrected chi connectivity index (χ3v) is 6.62. The zero-order valence-corrected chi connectivity index (χ0v) is 22.9. The van der Waals surface area contributed by atoms with E-state index in [1.807, 2.05) is 0 Å². The third kappa shape index (κ3) is 6.33. The fourth-order valence-electron chi connectivity index (χ4n) is 4.31. The first-order valence-electron chi connectivity index (χ1n) is 11.9. The molecule has 2 N–H and O–H groups in total. The number of carbonyl (C=O) groups excluding carboxylic acids is 1. The first kappa shape index (κ1) is 31.2. The minimum atomic E-state index is -4.79. The second kappa shape index (κ2) is 12.4. The maximum atomic E-state index is 14.6. The van der Waals surface area contributed by atoms with E-state index in [0.29, 0.717) is 6.08 Å². The van der Waals surface area contributed by atoms with Crippen LogP contribution < -0.4 is 15.4 Å². The quantitative estimate of drug-likeness (QED) is 0.254. The highest BCUT2D eigenvalue weighted by Gasteiger charge is 2.39. The highest BCUT2D eigenvalue weighted by Crippen LogP contribution is 2.38. The van der Waals surface area contributed by atoms with E-state index >= 15 is 0 Å². The zero-order chi connectivity index (χ0) is 29.9. The van der Waals surface area contributed by atoms with E-state index in [2.05, 4.69) is 0 Å². The summed E-state index contributed by atoms with van der Waals surface area (Å²) in [5, 5.41) is 0. The average Bonchev–Trinajstić information content (AvgIpc) is 2.87. The highest BCUT2D eigenvalue weighted by atomic mass is 31.2. The van der Waals surface area contributed by atoms with Gasteiger partial charge in [0, 0.05) is 23.0 Å². The Bertz CT molecular complexity index is 1450. The summed E-state index contributed by atoms with van der Waals surface area (Å²) in [6, 6.07) is 4.49. The van der Waals surface area contributed by atoms with Crippen molar-refractivity contribution in [3.8, 4) is 0 Å². The molecule has 0 spiro atoms. The number of aromatic nitrogens is 1. The summed E-state index contributed by atoms with van der Waals surface area (Å²) in [4.78, 5) is 47.0. The van der Waals surface area contributed by atoms with Gasteiger partial charge in [-0.1, -0.05) is 19.1 Å². The van der Waals surface area contributed by atoms with Crippen molar-refractivity contribution in [2.75, 3.05) is 16.5 Å². The maximum Gasteiger partial charge on any atom is 0.416 e. The van der Waals surface area contributed by atoms with Crippen LogP contribution in [-0.2, 0) is 16.0 Å². The van der Waals surface area contributed by atoms with E-state index in [4.69, 9.17) is 14.3 Å². The largest absolute Gasteiger partial charge is 0.416 e. The van der Waals surface area contributed by atoms with Crippen LogP contribution in [0, 0.1) is 25.5 Å². The Labute approximate surface area is 227 Å². The predicted octanol–water partition coefficient (Wildman–Crippen LogP) is 5.47. The van der Waals surface area contributed by atoms with E-state index in [9.17, 15) is 31.5 Å². The van der Waals surface area contributed by atoms with Crippen LogP contribution in [0.1, 0.15) is 31.5 Å². The fraction of sp³-hybridized carbons (Fsp3) is 0.308. The van der Waals surface area contributed by atoms with Gasteiger partial charge in [-0.05, 0) is 51.5 Å². The summed E-state index contributed by atoms with van der Waals surface area (Å²) in [5.41, 5.74) is -1.84. The van der Waals surface area contributed by atoms with Crippen molar-refractivity contribution >= 4 is 25.9 Å². The van der Waals surface area contributed by atoms with E-state index in [-0.39, 0.29) is 47.0 Å². The Morgan fingerprint density at radius 2 is 1.73 bits per heavy atom. The number of pyridine rings is 1. The number of anilines is 2. The summed E-state index contributed by atoms with van der Waals surface area (Å²) in [7, 11) is -2.81. The molecule has 0 radical (unpaired) electrons. The number of allylic oxidation sites excluding steroid dienone is 4. The molecule has 2 aromatic rings. The van der Waals surface area contributed by atoms with Crippen LogP contribution >= 0.6 is 8.60 Å². The Balaban J connectivity index is 2.30. The number of hydrogen-bond acceptors (Lipinski definition) is 6. The van der Waals surface area contributed by atoms with Gasteiger partial charge >= 0.3 is 14.8 Å². The van der Waals surface area contributed by atoms with Crippen molar-refractivity contribution in [2.45, 2.75) is 47.0 Å². The Morgan fingerprint density at radius 1 is 1.07 bits per heavy atom. The van der Waals surface area contributed by atoms with Crippen molar-refractivity contribution in [1.29, 1.82) is 0 Å². The minimum Gasteiger partial charge on any atom is -0.328 e. The van der Waals surface area contributed by atoms with Crippen molar-refractivity contribution in [2.24, 2.45) is 0 Å². The second-order valence-corrected chi connectivity index (χ2v) is 9.45. The Morgan fingerprint density at radius 3 is 2.30 bits per heavy atom. The lowest BCUT2D eigenvalue weighted by Gasteiger charge is -2.41. The van der Waals surface area contributed by atoms with E-state index in [1.165, 1.54) is 50.8 Å². The standard InChI is InChI=1S/C26H27F5N3O5P/c1-5-7-17(26(29,30)31)12-18-20(6-2)32(21-9-8-19(27)24(28)15(21)3)13-33(25(18)36)22-10-11-23(35)34(16(22)4)14-39-40(37)38/h6-12,37-38H,5,13-14H2,1-4H3/b17-7-,18-12+,20-6+. The van der Waals surface area contributed by atoms with E-state index in [1.54, 1.807) is 0 Å². The van der Waals surface area contributed by atoms with Crippen LogP contribution in [0.2, 0.25) is 0 Å². The van der Waals surface area contributed by atoms with Crippen molar-refractivity contribution < 1.29 is 41.1 Å². The van der Waals surface area contributed by atoms with Gasteiger partial charge in [0.15, 0.2) is 11.6 Å². The number of alkyl halides is 3. The molecule has 40 heavy (non-hydrogen) atoms. The number of benzene rings is 1. The Hall–Kier alpha value is -3.38. The van der Waals surface area contributed by atoms with E-state index < -0.39 is 50.2 Å². The summed E-state index contributed by atoms with van der Waals surface area (Å²) < 4.78 is 75.9. The van der Waals surface area contributed by atoms with E-state index in [0.717, 1.165) is 27.7 Å². The van der Waals surface area contributed by atoms with Gasteiger partial charge in [0.25, 0.3) is 11.5 Å². The molecule has 1 aliphatic rings. The highest BCUT2D eigenvalue weighted by molar-refractivity contribution is 7.39. The molecule has 0 atom stereocenters. The lowest BCUT2D eigenvalue weighted by Crippen LogP contribution is -2.50. The zero-order valence-electron chi connectivity index (χ0n) is 22.0. The van der Waals surface area contributed by atoms with Crippen LogP contribution in [0.3, 0.4) is 0 Å². The smallest absolute Gasteiger partial charge is 0.328 e. The predicted molar refractivity (Wildman–Crippen MR) is 140 cm³/mol. The molecule has 0 bridgehead atoms. The number of rotatable bonds is 7. The van der Waals surface area contributed by atoms with Gasteiger partial charge in [-0.2, -0.15) is 13.2 Å². The first-order valence-corrected chi connectivity index (χ1v) is 13.1. The summed E-state index contributed by atoms with van der Waals surface area (Å²) >= 11 is 0. The van der Waals surface area contributed by atoms with Crippen LogP contribution in [0.4, 0.5) is 33.3 Å². The topological polar surface area (TPSA) is 95.2 Å². The average molecular weight is 587 g/mol. The molecule has 1 fully saturated rings. The van der Waals surface area contributed by atoms with Crippen molar-refractivity contribution in [3.05, 3.63) is 92.6 Å². The van der Waals surface area contributed by atoms with Crippen LogP contribution in [0.15, 0.2) is 64.1 Å². The molecule has 1 aromatic carbocycles. The molecule has 8 nitrogen and oxygen atoms in total. The summed E-state index contributed by atoms with van der Waals surface area (Å²) in [5.74, 6) is -3.13. The maximum absolute atomic E-state index is 14.6. The normalized spacial score (nSPS) is 17.1. The van der Waals surface area contributed by atoms with Gasteiger partial charge in [-0.3, -0.25) is 23.6 Å².